The third-order valence-corrected chi connectivity index (χ3v) is 5.53. The average molecular weight is 494 g/mol. The highest BCUT2D eigenvalue weighted by atomic mass is 16.6. The Balaban J connectivity index is 1.53. The van der Waals surface area contributed by atoms with E-state index in [9.17, 15) is 9.59 Å². The Labute approximate surface area is 209 Å². The van der Waals surface area contributed by atoms with E-state index in [2.05, 4.69) is 20.9 Å². The molecule has 0 radical (unpaired) electrons. The molecule has 4 rings (SSSR count). The maximum atomic E-state index is 12.1. The number of anilines is 3. The number of alkyl carbamates (subject to hydrolysis) is 1. The van der Waals surface area contributed by atoms with E-state index in [1.807, 2.05) is 52.8 Å². The van der Waals surface area contributed by atoms with E-state index >= 15 is 0 Å². The number of methoxy groups -OCH3 is 1. The molecule has 0 spiro atoms. The summed E-state index contributed by atoms with van der Waals surface area (Å²) in [6, 6.07) is 9.11. The first-order chi connectivity index (χ1) is 17.0. The standard InChI is InChI=1S/C26H31N5O5/c1-25(2,3)36-24(33)28-12-11-27-19-9-10-20(34-6)17-14-29-23(31-21(17)19)30-15-7-8-16-18(13-15)26(4,5)35-22(16)32/h7-10,13-14,27H,11-12H2,1-6H3,(H,28,33)(H,29,30,31). The van der Waals surface area contributed by atoms with Gasteiger partial charge in [-0.2, -0.15) is 0 Å². The molecular formula is C26H31N5O5. The van der Waals surface area contributed by atoms with Crippen LogP contribution in [0.15, 0.2) is 36.5 Å². The Kier molecular flexibility index (Phi) is 6.62. The van der Waals surface area contributed by atoms with Gasteiger partial charge in [0.15, 0.2) is 0 Å². The molecule has 0 atom stereocenters. The van der Waals surface area contributed by atoms with Gasteiger partial charge in [0.25, 0.3) is 0 Å². The number of nitrogens with one attached hydrogen (secondary N) is 3. The molecule has 0 saturated heterocycles. The summed E-state index contributed by atoms with van der Waals surface area (Å²) >= 11 is 0. The molecule has 3 aromatic rings. The smallest absolute Gasteiger partial charge is 0.407 e. The number of amides is 1. The number of esters is 1. The van der Waals surface area contributed by atoms with Crippen LogP contribution in [0.5, 0.6) is 5.75 Å². The van der Waals surface area contributed by atoms with E-state index in [-0.39, 0.29) is 5.97 Å². The lowest BCUT2D eigenvalue weighted by molar-refractivity contribution is 0.00952. The van der Waals surface area contributed by atoms with Crippen molar-refractivity contribution < 1.29 is 23.8 Å². The normalized spacial score (nSPS) is 14.1. The number of hydrogen-bond acceptors (Lipinski definition) is 9. The zero-order valence-electron chi connectivity index (χ0n) is 21.3. The van der Waals surface area contributed by atoms with Crippen molar-refractivity contribution >= 4 is 40.3 Å². The van der Waals surface area contributed by atoms with Gasteiger partial charge in [0.05, 0.1) is 23.7 Å². The SMILES string of the molecule is COc1ccc(NCCNC(=O)OC(C)(C)C)c2nc(Nc3ccc4c(c3)C(C)(C)OC4=O)ncc12. The number of nitrogens with zero attached hydrogens (tertiary/aromatic N) is 2. The number of ether oxygens (including phenoxy) is 3. The Morgan fingerprint density at radius 1 is 1.14 bits per heavy atom. The molecule has 0 aliphatic carbocycles. The average Bonchev–Trinajstić information content (AvgIpc) is 3.03. The van der Waals surface area contributed by atoms with Crippen molar-refractivity contribution in [3.8, 4) is 5.75 Å². The minimum atomic E-state index is -0.702. The Morgan fingerprint density at radius 2 is 1.92 bits per heavy atom. The number of cyclic esters (lactones) is 1. The molecular weight excluding hydrogens is 462 g/mol. The van der Waals surface area contributed by atoms with Crippen LogP contribution in [0.25, 0.3) is 10.9 Å². The summed E-state index contributed by atoms with van der Waals surface area (Å²) in [5.41, 5.74) is 2.26. The van der Waals surface area contributed by atoms with Gasteiger partial charge in [0, 0.05) is 30.5 Å². The van der Waals surface area contributed by atoms with Gasteiger partial charge in [-0.05, 0) is 65.0 Å². The first-order valence-corrected chi connectivity index (χ1v) is 11.7. The third kappa shape index (κ3) is 5.42. The molecule has 0 saturated carbocycles. The first kappa shape index (κ1) is 25.0. The van der Waals surface area contributed by atoms with Crippen LogP contribution in [0.4, 0.5) is 22.1 Å². The van der Waals surface area contributed by atoms with Crippen LogP contribution >= 0.6 is 0 Å². The van der Waals surface area contributed by atoms with Crippen LogP contribution in [0, 0.1) is 0 Å². The summed E-state index contributed by atoms with van der Waals surface area (Å²) in [6.07, 6.45) is 1.22. The van der Waals surface area contributed by atoms with Gasteiger partial charge in [0.2, 0.25) is 5.95 Å². The summed E-state index contributed by atoms with van der Waals surface area (Å²) in [5, 5.41) is 9.98. The predicted octanol–water partition coefficient (Wildman–Crippen LogP) is 4.72. The fourth-order valence-electron chi connectivity index (χ4n) is 3.92. The van der Waals surface area contributed by atoms with Crippen LogP contribution in [0.3, 0.4) is 0 Å². The zero-order valence-corrected chi connectivity index (χ0v) is 21.3. The minimum absolute atomic E-state index is 0.326. The van der Waals surface area contributed by atoms with Crippen molar-refractivity contribution in [3.05, 3.63) is 47.7 Å². The highest BCUT2D eigenvalue weighted by molar-refractivity contribution is 5.96. The van der Waals surface area contributed by atoms with Crippen LogP contribution in [-0.2, 0) is 15.1 Å². The molecule has 1 aliphatic heterocycles. The number of fused-ring (bicyclic) bond motifs is 2. The molecule has 190 valence electrons. The van der Waals surface area contributed by atoms with Crippen molar-refractivity contribution in [3.63, 3.8) is 0 Å². The maximum Gasteiger partial charge on any atom is 0.407 e. The third-order valence-electron chi connectivity index (χ3n) is 5.53. The molecule has 1 aromatic heterocycles. The van der Waals surface area contributed by atoms with E-state index in [0.717, 1.165) is 22.3 Å². The number of hydrogen-bond donors (Lipinski definition) is 3. The van der Waals surface area contributed by atoms with Gasteiger partial charge >= 0.3 is 12.1 Å². The summed E-state index contributed by atoms with van der Waals surface area (Å²) in [5.74, 6) is 0.699. The first-order valence-electron chi connectivity index (χ1n) is 11.7. The van der Waals surface area contributed by atoms with E-state index in [1.165, 1.54) is 0 Å². The van der Waals surface area contributed by atoms with E-state index in [4.69, 9.17) is 19.2 Å². The Morgan fingerprint density at radius 3 is 2.64 bits per heavy atom. The zero-order chi connectivity index (χ0) is 26.1. The molecule has 3 N–H and O–H groups in total. The van der Waals surface area contributed by atoms with Crippen LogP contribution in [0.2, 0.25) is 0 Å². The van der Waals surface area contributed by atoms with Crippen molar-refractivity contribution in [1.29, 1.82) is 0 Å². The molecule has 10 heteroatoms. The molecule has 0 unspecified atom stereocenters. The predicted molar refractivity (Wildman–Crippen MR) is 137 cm³/mol. The number of aromatic nitrogens is 2. The molecule has 0 fully saturated rings. The quantitative estimate of drug-likeness (QED) is 0.317. The molecule has 36 heavy (non-hydrogen) atoms. The second kappa shape index (κ2) is 9.52. The number of carbonyl (C=O) groups is 2. The lowest BCUT2D eigenvalue weighted by Gasteiger charge is -2.20. The van der Waals surface area contributed by atoms with E-state index in [0.29, 0.717) is 35.9 Å². The van der Waals surface area contributed by atoms with E-state index < -0.39 is 17.3 Å². The van der Waals surface area contributed by atoms with E-state index in [1.54, 1.807) is 25.4 Å². The van der Waals surface area contributed by atoms with Crippen LogP contribution < -0.4 is 20.7 Å². The van der Waals surface area contributed by atoms with Gasteiger partial charge < -0.3 is 30.2 Å². The topological polar surface area (TPSA) is 124 Å². The lowest BCUT2D eigenvalue weighted by atomic mass is 9.95. The summed E-state index contributed by atoms with van der Waals surface area (Å²) < 4.78 is 16.2. The second-order valence-electron chi connectivity index (χ2n) is 9.91. The lowest BCUT2D eigenvalue weighted by Crippen LogP contribution is -2.35. The highest BCUT2D eigenvalue weighted by Crippen LogP contribution is 2.38. The highest BCUT2D eigenvalue weighted by Gasteiger charge is 2.37. The van der Waals surface area contributed by atoms with Gasteiger partial charge in [0.1, 0.15) is 22.5 Å². The van der Waals surface area contributed by atoms with Gasteiger partial charge in [-0.1, -0.05) is 0 Å². The van der Waals surface area contributed by atoms with Crippen molar-refractivity contribution in [2.24, 2.45) is 0 Å². The van der Waals surface area contributed by atoms with Crippen molar-refractivity contribution in [2.75, 3.05) is 30.8 Å². The number of carbonyl (C=O) groups excluding carboxylic acids is 2. The fraction of sp³-hybridized carbons (Fsp3) is 0.385. The fourth-order valence-corrected chi connectivity index (χ4v) is 3.92. The van der Waals surface area contributed by atoms with Crippen LogP contribution in [-0.4, -0.2) is 47.8 Å². The Hall–Kier alpha value is -4.08. The molecule has 0 bridgehead atoms. The van der Waals surface area contributed by atoms with Crippen molar-refractivity contribution in [2.45, 2.75) is 45.8 Å². The largest absolute Gasteiger partial charge is 0.496 e. The Bertz CT molecular complexity index is 1320. The molecule has 1 aliphatic rings. The van der Waals surface area contributed by atoms with Gasteiger partial charge in [-0.3, -0.25) is 0 Å². The maximum absolute atomic E-state index is 12.1. The minimum Gasteiger partial charge on any atom is -0.496 e. The van der Waals surface area contributed by atoms with Crippen molar-refractivity contribution in [1.82, 2.24) is 15.3 Å². The monoisotopic (exact) mass is 493 g/mol. The van der Waals surface area contributed by atoms with Gasteiger partial charge in [-0.25, -0.2) is 19.6 Å². The molecule has 1 amide bonds. The molecule has 10 nitrogen and oxygen atoms in total. The van der Waals surface area contributed by atoms with Gasteiger partial charge in [-0.15, -0.1) is 0 Å². The summed E-state index contributed by atoms with van der Waals surface area (Å²) in [4.78, 5) is 33.1. The summed E-state index contributed by atoms with van der Waals surface area (Å²) in [6.45, 7) is 9.99. The molecule has 2 aromatic carbocycles. The summed E-state index contributed by atoms with van der Waals surface area (Å²) in [7, 11) is 1.59. The van der Waals surface area contributed by atoms with Crippen LogP contribution in [0.1, 0.15) is 50.5 Å². The molecule has 2 heterocycles. The number of rotatable bonds is 7. The number of benzene rings is 2. The second-order valence-corrected chi connectivity index (χ2v) is 9.91.